The second kappa shape index (κ2) is 14.3. The number of ether oxygens (including phenoxy) is 1. The van der Waals surface area contributed by atoms with Crippen LogP contribution in [0.5, 0.6) is 0 Å². The van der Waals surface area contributed by atoms with E-state index in [0.717, 1.165) is 41.2 Å². The summed E-state index contributed by atoms with van der Waals surface area (Å²) >= 11 is 0. The van der Waals surface area contributed by atoms with Gasteiger partial charge in [0.2, 0.25) is 0 Å². The van der Waals surface area contributed by atoms with Crippen LogP contribution in [0.3, 0.4) is 0 Å². The Morgan fingerprint density at radius 2 is 1.49 bits per heavy atom. The third kappa shape index (κ3) is 7.89. The van der Waals surface area contributed by atoms with E-state index in [4.69, 9.17) is 4.74 Å². The lowest BCUT2D eigenvalue weighted by molar-refractivity contribution is 0.117. The summed E-state index contributed by atoms with van der Waals surface area (Å²) in [7, 11) is 0. The summed E-state index contributed by atoms with van der Waals surface area (Å²) in [6.45, 7) is 5.84. The highest BCUT2D eigenvalue weighted by molar-refractivity contribution is 5.71. The van der Waals surface area contributed by atoms with E-state index in [-0.39, 0.29) is 5.82 Å². The number of halogens is 1. The van der Waals surface area contributed by atoms with E-state index in [1.54, 1.807) is 6.07 Å². The maximum absolute atomic E-state index is 15.1. The second-order valence-electron chi connectivity index (χ2n) is 10.6. The highest BCUT2D eigenvalue weighted by Crippen LogP contribution is 2.37. The lowest BCUT2D eigenvalue weighted by Gasteiger charge is -2.27. The quantitative estimate of drug-likeness (QED) is 0.178. The fourth-order valence-electron chi connectivity index (χ4n) is 5.40. The average molecular weight is 499 g/mol. The molecule has 3 aromatic carbocycles. The Hall–Kier alpha value is -2.71. The Bertz CT molecular complexity index is 1110. The van der Waals surface area contributed by atoms with E-state index in [9.17, 15) is 0 Å². The minimum absolute atomic E-state index is 0.181. The molecule has 0 amide bonds. The van der Waals surface area contributed by atoms with Gasteiger partial charge in [0.15, 0.2) is 0 Å². The van der Waals surface area contributed by atoms with E-state index in [2.05, 4.69) is 50.3 Å². The molecule has 0 heterocycles. The van der Waals surface area contributed by atoms with Crippen LogP contribution in [-0.4, -0.2) is 6.61 Å². The molecule has 0 aliphatic heterocycles. The van der Waals surface area contributed by atoms with Gasteiger partial charge in [-0.3, -0.25) is 0 Å². The molecule has 1 aliphatic carbocycles. The summed E-state index contributed by atoms with van der Waals surface area (Å²) in [5.41, 5.74) is 6.08. The van der Waals surface area contributed by atoms with Crippen LogP contribution in [-0.2, 0) is 11.3 Å². The Morgan fingerprint density at radius 3 is 2.16 bits per heavy atom. The number of hydrogen-bond donors (Lipinski definition) is 0. The molecule has 3 aromatic rings. The van der Waals surface area contributed by atoms with E-state index < -0.39 is 0 Å². The molecule has 0 spiro atoms. The summed E-state index contributed by atoms with van der Waals surface area (Å²) in [6.07, 6.45) is 15.8. The van der Waals surface area contributed by atoms with Gasteiger partial charge in [0.25, 0.3) is 0 Å². The molecule has 0 saturated heterocycles. The zero-order chi connectivity index (χ0) is 25.9. The molecule has 2 heteroatoms. The Kier molecular flexibility index (Phi) is 10.6. The van der Waals surface area contributed by atoms with Crippen molar-refractivity contribution in [3.05, 3.63) is 95.8 Å². The van der Waals surface area contributed by atoms with E-state index in [1.807, 2.05) is 36.4 Å². The normalized spacial score (nSPS) is 17.9. The molecular formula is C35H43FO. The zero-order valence-electron chi connectivity index (χ0n) is 22.7. The summed E-state index contributed by atoms with van der Waals surface area (Å²) in [6, 6.07) is 22.5. The van der Waals surface area contributed by atoms with Crippen LogP contribution in [0, 0.1) is 11.7 Å². The highest BCUT2D eigenvalue weighted by Gasteiger charge is 2.20. The smallest absolute Gasteiger partial charge is 0.131 e. The standard InChI is InChI=1S/C35H43FO/c1-3-5-7-9-27-10-14-29(15-11-27)30-18-20-31(21-19-30)33-22-23-34(35(36)25-33)32-16-12-28(13-17-32)26-37-24-8-6-4-2/h7,9,12-13,16-23,25,27,29H,3-6,8,10-11,14-15,24,26H2,1-2H3/b9-7+/t27-,29-. The number of benzene rings is 3. The molecular weight excluding hydrogens is 455 g/mol. The molecule has 0 N–H and O–H groups in total. The van der Waals surface area contributed by atoms with Crippen LogP contribution in [0.2, 0.25) is 0 Å². The van der Waals surface area contributed by atoms with Crippen LogP contribution in [0.4, 0.5) is 4.39 Å². The van der Waals surface area contributed by atoms with E-state index >= 15 is 4.39 Å². The third-order valence-electron chi connectivity index (χ3n) is 7.75. The Balaban J connectivity index is 1.34. The molecule has 0 aromatic heterocycles. The van der Waals surface area contributed by atoms with Crippen molar-refractivity contribution >= 4 is 0 Å². The SMILES string of the molecule is CCC/C=C/[C@H]1CC[C@H](c2ccc(-c3ccc(-c4ccc(COCCCCC)cc4)c(F)c3)cc2)CC1. The van der Waals surface area contributed by atoms with Crippen molar-refractivity contribution in [1.29, 1.82) is 0 Å². The van der Waals surface area contributed by atoms with Gasteiger partial charge in [0.1, 0.15) is 5.82 Å². The largest absolute Gasteiger partial charge is 0.377 e. The van der Waals surface area contributed by atoms with Crippen molar-refractivity contribution < 1.29 is 9.13 Å². The number of rotatable bonds is 12. The van der Waals surface area contributed by atoms with Crippen LogP contribution in [0.25, 0.3) is 22.3 Å². The van der Waals surface area contributed by atoms with Crippen molar-refractivity contribution in [3.8, 4) is 22.3 Å². The Labute approximate surface area is 223 Å². The van der Waals surface area contributed by atoms with Crippen LogP contribution in [0.1, 0.15) is 88.7 Å². The Morgan fingerprint density at radius 1 is 0.784 bits per heavy atom. The summed E-state index contributed by atoms with van der Waals surface area (Å²) in [4.78, 5) is 0. The van der Waals surface area contributed by atoms with Crippen molar-refractivity contribution in [2.75, 3.05) is 6.61 Å². The van der Waals surface area contributed by atoms with Gasteiger partial charge in [-0.25, -0.2) is 4.39 Å². The van der Waals surface area contributed by atoms with E-state index in [1.165, 1.54) is 56.9 Å². The number of unbranched alkanes of at least 4 members (excludes halogenated alkanes) is 3. The highest BCUT2D eigenvalue weighted by atomic mass is 19.1. The van der Waals surface area contributed by atoms with Crippen molar-refractivity contribution in [2.45, 2.75) is 84.2 Å². The monoisotopic (exact) mass is 498 g/mol. The van der Waals surface area contributed by atoms with Crippen molar-refractivity contribution in [1.82, 2.24) is 0 Å². The molecule has 196 valence electrons. The first kappa shape index (κ1) is 27.3. The van der Waals surface area contributed by atoms with Gasteiger partial charge >= 0.3 is 0 Å². The molecule has 1 fully saturated rings. The van der Waals surface area contributed by atoms with Gasteiger partial charge in [-0.15, -0.1) is 0 Å². The lowest BCUT2D eigenvalue weighted by atomic mass is 9.78. The van der Waals surface area contributed by atoms with E-state index in [0.29, 0.717) is 18.1 Å². The molecule has 0 unspecified atom stereocenters. The average Bonchev–Trinajstić information content (AvgIpc) is 2.94. The summed E-state index contributed by atoms with van der Waals surface area (Å²) in [5, 5.41) is 0. The first-order chi connectivity index (χ1) is 18.2. The molecule has 0 atom stereocenters. The molecule has 4 rings (SSSR count). The van der Waals surface area contributed by atoms with Gasteiger partial charge in [-0.05, 0) is 84.2 Å². The predicted octanol–water partition coefficient (Wildman–Crippen LogP) is 10.5. The molecule has 37 heavy (non-hydrogen) atoms. The fourth-order valence-corrected chi connectivity index (χ4v) is 5.40. The van der Waals surface area contributed by atoms with Crippen LogP contribution < -0.4 is 0 Å². The third-order valence-corrected chi connectivity index (χ3v) is 7.75. The number of allylic oxidation sites excluding steroid dienone is 2. The minimum atomic E-state index is -0.181. The fraction of sp³-hybridized carbons (Fsp3) is 0.429. The first-order valence-electron chi connectivity index (χ1n) is 14.4. The van der Waals surface area contributed by atoms with Crippen LogP contribution >= 0.6 is 0 Å². The van der Waals surface area contributed by atoms with Gasteiger partial charge < -0.3 is 4.74 Å². The minimum Gasteiger partial charge on any atom is -0.377 e. The summed E-state index contributed by atoms with van der Waals surface area (Å²) < 4.78 is 20.9. The summed E-state index contributed by atoms with van der Waals surface area (Å²) in [5.74, 6) is 1.22. The van der Waals surface area contributed by atoms with Gasteiger partial charge in [-0.1, -0.05) is 106 Å². The molecule has 1 aliphatic rings. The van der Waals surface area contributed by atoms with Gasteiger partial charge in [-0.2, -0.15) is 0 Å². The molecule has 0 radical (unpaired) electrons. The van der Waals surface area contributed by atoms with Gasteiger partial charge in [0, 0.05) is 12.2 Å². The molecule has 1 saturated carbocycles. The van der Waals surface area contributed by atoms with Crippen LogP contribution in [0.15, 0.2) is 78.9 Å². The topological polar surface area (TPSA) is 9.23 Å². The molecule has 1 nitrogen and oxygen atoms in total. The zero-order valence-corrected chi connectivity index (χ0v) is 22.7. The number of hydrogen-bond acceptors (Lipinski definition) is 1. The molecule has 0 bridgehead atoms. The second-order valence-corrected chi connectivity index (χ2v) is 10.6. The van der Waals surface area contributed by atoms with Crippen molar-refractivity contribution in [2.24, 2.45) is 5.92 Å². The lowest BCUT2D eigenvalue weighted by Crippen LogP contribution is -2.11. The predicted molar refractivity (Wildman–Crippen MR) is 155 cm³/mol. The van der Waals surface area contributed by atoms with Crippen molar-refractivity contribution in [3.63, 3.8) is 0 Å². The van der Waals surface area contributed by atoms with Gasteiger partial charge in [0.05, 0.1) is 6.61 Å². The maximum atomic E-state index is 15.1. The maximum Gasteiger partial charge on any atom is 0.131 e. The first-order valence-corrected chi connectivity index (χ1v) is 14.4.